The summed E-state index contributed by atoms with van der Waals surface area (Å²) in [4.78, 5) is 16.7. The first-order chi connectivity index (χ1) is 12.1. The number of hydrogen-bond donors (Lipinski definition) is 1. The van der Waals surface area contributed by atoms with E-state index in [9.17, 15) is 4.79 Å². The van der Waals surface area contributed by atoms with Gasteiger partial charge in [0, 0.05) is 43.3 Å². The number of amides is 1. The quantitative estimate of drug-likeness (QED) is 0.913. The van der Waals surface area contributed by atoms with Gasteiger partial charge in [0.25, 0.3) is 5.91 Å². The maximum Gasteiger partial charge on any atom is 0.253 e. The molecule has 2 aromatic rings. The summed E-state index contributed by atoms with van der Waals surface area (Å²) >= 11 is 6.10. The van der Waals surface area contributed by atoms with Crippen LogP contribution in [0.25, 0.3) is 11.1 Å². The highest BCUT2D eigenvalue weighted by atomic mass is 35.5. The van der Waals surface area contributed by atoms with Crippen molar-refractivity contribution in [2.45, 2.75) is 6.92 Å². The van der Waals surface area contributed by atoms with E-state index in [4.69, 9.17) is 16.7 Å². The molecule has 1 aliphatic rings. The molecule has 0 aromatic heterocycles. The topological polar surface area (TPSA) is 43.8 Å². The number of nitrogens with zero attached hydrogens (tertiary/aromatic N) is 2. The van der Waals surface area contributed by atoms with Crippen LogP contribution in [-0.4, -0.2) is 60.1 Å². The van der Waals surface area contributed by atoms with Crippen molar-refractivity contribution in [3.8, 4) is 11.1 Å². The number of benzene rings is 2. The van der Waals surface area contributed by atoms with E-state index < -0.39 is 0 Å². The van der Waals surface area contributed by atoms with Crippen LogP contribution in [0.15, 0.2) is 42.5 Å². The summed E-state index contributed by atoms with van der Waals surface area (Å²) in [7, 11) is 0. The van der Waals surface area contributed by atoms with E-state index in [1.165, 1.54) is 0 Å². The number of rotatable bonds is 4. The molecule has 2 aromatic carbocycles. The first-order valence-electron chi connectivity index (χ1n) is 8.57. The number of halogens is 1. The summed E-state index contributed by atoms with van der Waals surface area (Å²) in [6, 6.07) is 13.6. The van der Waals surface area contributed by atoms with Crippen molar-refractivity contribution in [3.63, 3.8) is 0 Å². The van der Waals surface area contributed by atoms with E-state index in [0.717, 1.165) is 29.8 Å². The molecular weight excluding hydrogens is 336 g/mol. The van der Waals surface area contributed by atoms with Crippen molar-refractivity contribution < 1.29 is 9.90 Å². The van der Waals surface area contributed by atoms with Crippen molar-refractivity contribution in [1.82, 2.24) is 9.80 Å². The molecule has 1 heterocycles. The van der Waals surface area contributed by atoms with Crippen molar-refractivity contribution in [2.75, 3.05) is 39.3 Å². The maximum atomic E-state index is 12.7. The van der Waals surface area contributed by atoms with Crippen LogP contribution >= 0.6 is 11.6 Å². The van der Waals surface area contributed by atoms with Crippen molar-refractivity contribution in [2.24, 2.45) is 0 Å². The Labute approximate surface area is 153 Å². The summed E-state index contributed by atoms with van der Waals surface area (Å²) in [6.45, 7) is 5.92. The highest BCUT2D eigenvalue weighted by molar-refractivity contribution is 6.30. The van der Waals surface area contributed by atoms with E-state index in [2.05, 4.69) is 11.8 Å². The fraction of sp³-hybridized carbons (Fsp3) is 0.350. The van der Waals surface area contributed by atoms with Crippen molar-refractivity contribution in [3.05, 3.63) is 58.6 Å². The Bertz CT molecular complexity index is 738. The second-order valence-corrected chi connectivity index (χ2v) is 6.83. The van der Waals surface area contributed by atoms with Crippen LogP contribution in [0, 0.1) is 6.92 Å². The standard InChI is InChI=1S/C20H23ClN2O2/c1-15-2-7-18(21)14-19(15)16-3-5-17(6-4-16)20(25)23-10-8-22(9-11-23)12-13-24/h2-7,14,24H,8-13H2,1H3. The minimum absolute atomic E-state index is 0.0676. The molecule has 0 atom stereocenters. The summed E-state index contributed by atoms with van der Waals surface area (Å²) in [5.41, 5.74) is 4.01. The second kappa shape index (κ2) is 8.00. The van der Waals surface area contributed by atoms with Gasteiger partial charge in [0.1, 0.15) is 0 Å². The van der Waals surface area contributed by atoms with Crippen molar-refractivity contribution in [1.29, 1.82) is 0 Å². The predicted molar refractivity (Wildman–Crippen MR) is 101 cm³/mol. The smallest absolute Gasteiger partial charge is 0.253 e. The van der Waals surface area contributed by atoms with Gasteiger partial charge in [0.2, 0.25) is 0 Å². The zero-order chi connectivity index (χ0) is 17.8. The van der Waals surface area contributed by atoms with Gasteiger partial charge in [-0.3, -0.25) is 9.69 Å². The van der Waals surface area contributed by atoms with Crippen LogP contribution in [0.1, 0.15) is 15.9 Å². The predicted octanol–water partition coefficient (Wildman–Crippen LogP) is 3.07. The lowest BCUT2D eigenvalue weighted by Gasteiger charge is -2.34. The lowest BCUT2D eigenvalue weighted by molar-refractivity contribution is 0.0615. The van der Waals surface area contributed by atoms with Crippen LogP contribution in [0.3, 0.4) is 0 Å². The molecule has 0 unspecified atom stereocenters. The summed E-state index contributed by atoms with van der Waals surface area (Å²) in [5, 5.41) is 9.71. The van der Waals surface area contributed by atoms with Crippen molar-refractivity contribution >= 4 is 17.5 Å². The number of carbonyl (C=O) groups excluding carboxylic acids is 1. The van der Waals surface area contributed by atoms with Gasteiger partial charge in [-0.1, -0.05) is 29.8 Å². The first kappa shape index (κ1) is 17.9. The Kier molecular flexibility index (Phi) is 5.74. The lowest BCUT2D eigenvalue weighted by atomic mass is 9.99. The number of piperazine rings is 1. The number of β-amino-alcohol motifs (C(OH)–C–C–N with tert-alkyl or cyclic N) is 1. The molecule has 5 heteroatoms. The molecule has 0 aliphatic carbocycles. The van der Waals surface area contributed by atoms with E-state index in [1.54, 1.807) is 0 Å². The largest absolute Gasteiger partial charge is 0.395 e. The zero-order valence-corrected chi connectivity index (χ0v) is 15.2. The summed E-state index contributed by atoms with van der Waals surface area (Å²) in [6.07, 6.45) is 0. The van der Waals surface area contributed by atoms with Crippen LogP contribution in [0.4, 0.5) is 0 Å². The van der Waals surface area contributed by atoms with Gasteiger partial charge in [-0.15, -0.1) is 0 Å². The zero-order valence-electron chi connectivity index (χ0n) is 14.4. The molecule has 1 fully saturated rings. The average molecular weight is 359 g/mol. The third-order valence-corrected chi connectivity index (χ3v) is 4.95. The minimum Gasteiger partial charge on any atom is -0.395 e. The van der Waals surface area contributed by atoms with Gasteiger partial charge >= 0.3 is 0 Å². The summed E-state index contributed by atoms with van der Waals surface area (Å²) in [5.74, 6) is 0.0676. The normalized spacial score (nSPS) is 15.4. The fourth-order valence-corrected chi connectivity index (χ4v) is 3.37. The maximum absolute atomic E-state index is 12.7. The van der Waals surface area contributed by atoms with Crippen LogP contribution < -0.4 is 0 Å². The number of hydrogen-bond acceptors (Lipinski definition) is 3. The highest BCUT2D eigenvalue weighted by Gasteiger charge is 2.21. The van der Waals surface area contributed by atoms with Gasteiger partial charge < -0.3 is 10.0 Å². The van der Waals surface area contributed by atoms with Gasteiger partial charge in [0.15, 0.2) is 0 Å². The molecule has 1 amide bonds. The first-order valence-corrected chi connectivity index (χ1v) is 8.95. The molecule has 0 radical (unpaired) electrons. The molecule has 4 nitrogen and oxygen atoms in total. The van der Waals surface area contributed by atoms with E-state index in [-0.39, 0.29) is 12.5 Å². The third-order valence-electron chi connectivity index (χ3n) is 4.72. The molecule has 1 saturated heterocycles. The van der Waals surface area contributed by atoms with Crippen LogP contribution in [0.5, 0.6) is 0 Å². The summed E-state index contributed by atoms with van der Waals surface area (Å²) < 4.78 is 0. The Balaban J connectivity index is 1.70. The molecule has 0 saturated carbocycles. The van der Waals surface area contributed by atoms with Gasteiger partial charge in [0.05, 0.1) is 6.61 Å². The fourth-order valence-electron chi connectivity index (χ4n) is 3.20. The molecule has 25 heavy (non-hydrogen) atoms. The molecule has 132 valence electrons. The number of aliphatic hydroxyl groups excluding tert-OH is 1. The SMILES string of the molecule is Cc1ccc(Cl)cc1-c1ccc(C(=O)N2CCN(CCO)CC2)cc1. The van der Waals surface area contributed by atoms with Gasteiger partial charge in [-0.05, 0) is 47.9 Å². The molecule has 1 N–H and O–H groups in total. The Morgan fingerprint density at radius 1 is 1.08 bits per heavy atom. The van der Waals surface area contributed by atoms with Gasteiger partial charge in [-0.2, -0.15) is 0 Å². The van der Waals surface area contributed by atoms with E-state index >= 15 is 0 Å². The van der Waals surface area contributed by atoms with Gasteiger partial charge in [-0.25, -0.2) is 0 Å². The second-order valence-electron chi connectivity index (χ2n) is 6.39. The third kappa shape index (κ3) is 4.21. The highest BCUT2D eigenvalue weighted by Crippen LogP contribution is 2.27. The van der Waals surface area contributed by atoms with E-state index in [0.29, 0.717) is 30.2 Å². The molecule has 3 rings (SSSR count). The average Bonchev–Trinajstić information content (AvgIpc) is 2.64. The number of aryl methyl sites for hydroxylation is 1. The van der Waals surface area contributed by atoms with Crippen LogP contribution in [0.2, 0.25) is 5.02 Å². The molecule has 1 aliphatic heterocycles. The molecule has 0 spiro atoms. The Hall–Kier alpha value is -1.88. The Morgan fingerprint density at radius 3 is 2.40 bits per heavy atom. The van der Waals surface area contributed by atoms with E-state index in [1.807, 2.05) is 47.4 Å². The number of aliphatic hydroxyl groups is 1. The number of carbonyl (C=O) groups is 1. The molecule has 0 bridgehead atoms. The van der Waals surface area contributed by atoms with Crippen LogP contribution in [-0.2, 0) is 0 Å². The lowest BCUT2D eigenvalue weighted by Crippen LogP contribution is -2.49. The minimum atomic E-state index is 0.0676. The monoisotopic (exact) mass is 358 g/mol. The Morgan fingerprint density at radius 2 is 1.76 bits per heavy atom. The molecular formula is C20H23ClN2O2.